The van der Waals surface area contributed by atoms with E-state index in [0.717, 1.165) is 5.56 Å². The van der Waals surface area contributed by atoms with Crippen molar-refractivity contribution in [3.8, 4) is 0 Å². The molecule has 0 fully saturated rings. The SMILES string of the molecule is Cc1ccc(F)c(NCc2c(F)cccc2F)c1. The van der Waals surface area contributed by atoms with Crippen molar-refractivity contribution in [1.29, 1.82) is 0 Å². The van der Waals surface area contributed by atoms with Crippen molar-refractivity contribution in [2.24, 2.45) is 0 Å². The average Bonchev–Trinajstić information content (AvgIpc) is 2.33. The van der Waals surface area contributed by atoms with E-state index in [-0.39, 0.29) is 17.8 Å². The number of rotatable bonds is 3. The van der Waals surface area contributed by atoms with Crippen LogP contribution in [0, 0.1) is 24.4 Å². The Morgan fingerprint density at radius 2 is 1.61 bits per heavy atom. The van der Waals surface area contributed by atoms with Gasteiger partial charge < -0.3 is 5.32 Å². The second kappa shape index (κ2) is 5.12. The van der Waals surface area contributed by atoms with E-state index in [1.807, 2.05) is 6.92 Å². The smallest absolute Gasteiger partial charge is 0.146 e. The normalized spacial score (nSPS) is 10.4. The van der Waals surface area contributed by atoms with Crippen LogP contribution >= 0.6 is 0 Å². The van der Waals surface area contributed by atoms with Crippen molar-refractivity contribution in [3.63, 3.8) is 0 Å². The number of hydrogen-bond donors (Lipinski definition) is 1. The first-order valence-corrected chi connectivity index (χ1v) is 5.51. The van der Waals surface area contributed by atoms with Gasteiger partial charge in [-0.25, -0.2) is 13.2 Å². The van der Waals surface area contributed by atoms with Crippen molar-refractivity contribution < 1.29 is 13.2 Å². The maximum Gasteiger partial charge on any atom is 0.146 e. The Morgan fingerprint density at radius 3 is 2.28 bits per heavy atom. The molecule has 2 rings (SSSR count). The molecule has 0 spiro atoms. The summed E-state index contributed by atoms with van der Waals surface area (Å²) < 4.78 is 40.1. The van der Waals surface area contributed by atoms with Gasteiger partial charge in [0.05, 0.1) is 5.69 Å². The van der Waals surface area contributed by atoms with Crippen LogP contribution in [0.15, 0.2) is 36.4 Å². The molecular weight excluding hydrogens is 239 g/mol. The van der Waals surface area contributed by atoms with Gasteiger partial charge >= 0.3 is 0 Å². The van der Waals surface area contributed by atoms with Crippen LogP contribution in [-0.2, 0) is 6.54 Å². The molecule has 18 heavy (non-hydrogen) atoms. The second-order valence-electron chi connectivity index (χ2n) is 4.04. The number of halogens is 3. The van der Waals surface area contributed by atoms with Crippen molar-refractivity contribution >= 4 is 5.69 Å². The fourth-order valence-electron chi connectivity index (χ4n) is 1.66. The molecule has 1 N–H and O–H groups in total. The highest BCUT2D eigenvalue weighted by Gasteiger charge is 2.09. The summed E-state index contributed by atoms with van der Waals surface area (Å²) in [7, 11) is 0. The molecule has 0 aliphatic carbocycles. The van der Waals surface area contributed by atoms with E-state index in [9.17, 15) is 13.2 Å². The van der Waals surface area contributed by atoms with Gasteiger partial charge in [0.2, 0.25) is 0 Å². The van der Waals surface area contributed by atoms with Gasteiger partial charge in [0.15, 0.2) is 0 Å². The molecule has 0 amide bonds. The first-order valence-electron chi connectivity index (χ1n) is 5.51. The Bertz CT molecular complexity index is 547. The van der Waals surface area contributed by atoms with Crippen molar-refractivity contribution in [1.82, 2.24) is 0 Å². The number of benzene rings is 2. The van der Waals surface area contributed by atoms with E-state index in [1.54, 1.807) is 12.1 Å². The zero-order valence-corrected chi connectivity index (χ0v) is 9.81. The van der Waals surface area contributed by atoms with Crippen LogP contribution in [0.3, 0.4) is 0 Å². The van der Waals surface area contributed by atoms with Crippen molar-refractivity contribution in [2.75, 3.05) is 5.32 Å². The lowest BCUT2D eigenvalue weighted by molar-refractivity contribution is 0.559. The highest BCUT2D eigenvalue weighted by Crippen LogP contribution is 2.18. The van der Waals surface area contributed by atoms with E-state index in [1.165, 1.54) is 24.3 Å². The van der Waals surface area contributed by atoms with E-state index in [4.69, 9.17) is 0 Å². The summed E-state index contributed by atoms with van der Waals surface area (Å²) in [5, 5.41) is 2.70. The minimum absolute atomic E-state index is 0.0983. The maximum atomic E-state index is 13.4. The molecule has 0 aliphatic heterocycles. The number of anilines is 1. The topological polar surface area (TPSA) is 12.0 Å². The van der Waals surface area contributed by atoms with Crippen LogP contribution < -0.4 is 5.32 Å². The lowest BCUT2D eigenvalue weighted by atomic mass is 10.1. The Kier molecular flexibility index (Phi) is 3.55. The predicted octanol–water partition coefficient (Wildman–Crippen LogP) is 4.02. The Hall–Kier alpha value is -1.97. The van der Waals surface area contributed by atoms with Crippen LogP contribution in [0.1, 0.15) is 11.1 Å². The summed E-state index contributed by atoms with van der Waals surface area (Å²) in [6, 6.07) is 8.18. The molecule has 0 atom stereocenters. The fourth-order valence-corrected chi connectivity index (χ4v) is 1.66. The van der Waals surface area contributed by atoms with Crippen LogP contribution in [0.4, 0.5) is 18.9 Å². The molecule has 4 heteroatoms. The number of nitrogens with one attached hydrogen (secondary N) is 1. The third kappa shape index (κ3) is 2.64. The van der Waals surface area contributed by atoms with Gasteiger partial charge in [-0.1, -0.05) is 12.1 Å². The highest BCUT2D eigenvalue weighted by atomic mass is 19.1. The standard InChI is InChI=1S/C14H12F3N/c1-9-5-6-13(17)14(7-9)18-8-10-11(15)3-2-4-12(10)16/h2-7,18H,8H2,1H3. The lowest BCUT2D eigenvalue weighted by Crippen LogP contribution is -2.06. The van der Waals surface area contributed by atoms with Crippen LogP contribution in [-0.4, -0.2) is 0 Å². The predicted molar refractivity (Wildman–Crippen MR) is 64.8 cm³/mol. The van der Waals surface area contributed by atoms with E-state index < -0.39 is 17.5 Å². The number of hydrogen-bond acceptors (Lipinski definition) is 1. The minimum atomic E-state index is -0.643. The molecule has 0 bridgehead atoms. The summed E-state index contributed by atoms with van der Waals surface area (Å²) in [4.78, 5) is 0. The maximum absolute atomic E-state index is 13.4. The molecule has 0 aromatic heterocycles. The Balaban J connectivity index is 2.19. The van der Waals surface area contributed by atoms with Gasteiger partial charge in [0, 0.05) is 12.1 Å². The first-order chi connectivity index (χ1) is 8.58. The Morgan fingerprint density at radius 1 is 0.944 bits per heavy atom. The molecule has 0 saturated heterocycles. The quantitative estimate of drug-likeness (QED) is 0.868. The molecule has 0 unspecified atom stereocenters. The minimum Gasteiger partial charge on any atom is -0.378 e. The number of aryl methyl sites for hydroxylation is 1. The fraction of sp³-hybridized carbons (Fsp3) is 0.143. The first kappa shape index (κ1) is 12.5. The lowest BCUT2D eigenvalue weighted by Gasteiger charge is -2.10. The van der Waals surface area contributed by atoms with Crippen LogP contribution in [0.2, 0.25) is 0 Å². The van der Waals surface area contributed by atoms with Crippen molar-refractivity contribution in [3.05, 3.63) is 65.0 Å². The van der Waals surface area contributed by atoms with E-state index >= 15 is 0 Å². The third-order valence-corrected chi connectivity index (χ3v) is 2.64. The molecule has 94 valence electrons. The summed E-state index contributed by atoms with van der Waals surface area (Å²) in [6.45, 7) is 1.72. The largest absolute Gasteiger partial charge is 0.378 e. The monoisotopic (exact) mass is 251 g/mol. The van der Waals surface area contributed by atoms with Gasteiger partial charge in [-0.15, -0.1) is 0 Å². The van der Waals surface area contributed by atoms with E-state index in [2.05, 4.69) is 5.32 Å². The Labute approximate surface area is 103 Å². The summed E-state index contributed by atoms with van der Waals surface area (Å²) >= 11 is 0. The molecule has 0 saturated carbocycles. The molecular formula is C14H12F3N. The van der Waals surface area contributed by atoms with Gasteiger partial charge in [-0.2, -0.15) is 0 Å². The molecule has 2 aromatic rings. The van der Waals surface area contributed by atoms with Gasteiger partial charge in [0.1, 0.15) is 17.5 Å². The molecule has 0 radical (unpaired) electrons. The third-order valence-electron chi connectivity index (χ3n) is 2.64. The van der Waals surface area contributed by atoms with Gasteiger partial charge in [-0.3, -0.25) is 0 Å². The molecule has 0 aliphatic rings. The zero-order chi connectivity index (χ0) is 13.1. The molecule has 2 aromatic carbocycles. The molecule has 0 heterocycles. The van der Waals surface area contributed by atoms with Crippen molar-refractivity contribution in [2.45, 2.75) is 13.5 Å². The second-order valence-corrected chi connectivity index (χ2v) is 4.04. The molecule has 1 nitrogen and oxygen atoms in total. The van der Waals surface area contributed by atoms with Crippen LogP contribution in [0.25, 0.3) is 0 Å². The summed E-state index contributed by atoms with van der Waals surface area (Å²) in [6.07, 6.45) is 0. The summed E-state index contributed by atoms with van der Waals surface area (Å²) in [5.74, 6) is -1.73. The van der Waals surface area contributed by atoms with Gasteiger partial charge in [0.25, 0.3) is 0 Å². The van der Waals surface area contributed by atoms with E-state index in [0.29, 0.717) is 0 Å². The summed E-state index contributed by atoms with van der Waals surface area (Å²) in [5.41, 5.74) is 1.00. The zero-order valence-electron chi connectivity index (χ0n) is 9.81. The average molecular weight is 251 g/mol. The van der Waals surface area contributed by atoms with Crippen LogP contribution in [0.5, 0.6) is 0 Å². The highest BCUT2D eigenvalue weighted by molar-refractivity contribution is 5.47. The van der Waals surface area contributed by atoms with Gasteiger partial charge in [-0.05, 0) is 36.8 Å².